The van der Waals surface area contributed by atoms with Gasteiger partial charge in [-0.1, -0.05) is 24.5 Å². The maximum Gasteiger partial charge on any atom is 0.337 e. The summed E-state index contributed by atoms with van der Waals surface area (Å²) in [5.41, 5.74) is 1.76. The number of thiazole rings is 1. The van der Waals surface area contributed by atoms with Crippen LogP contribution in [-0.4, -0.2) is 47.0 Å². The maximum absolute atomic E-state index is 13.0. The lowest BCUT2D eigenvalue weighted by molar-refractivity contribution is 0.0696. The summed E-state index contributed by atoms with van der Waals surface area (Å²) in [6, 6.07) is 7.14. The summed E-state index contributed by atoms with van der Waals surface area (Å²) in [6.45, 7) is 1.90. The fraction of sp³-hybridized carbons (Fsp3) is 0.320. The molecule has 0 spiro atoms. The molecule has 4 rings (SSSR count). The van der Waals surface area contributed by atoms with E-state index in [9.17, 15) is 22.8 Å². The van der Waals surface area contributed by atoms with Gasteiger partial charge in [-0.05, 0) is 50.5 Å². The molecule has 0 unspecified atom stereocenters. The average molecular weight is 543 g/mol. The Morgan fingerprint density at radius 3 is 2.49 bits per heavy atom. The summed E-state index contributed by atoms with van der Waals surface area (Å²) < 4.78 is 25.1. The number of pyridine rings is 1. The molecule has 37 heavy (non-hydrogen) atoms. The molecule has 2 aromatic heterocycles. The molecule has 10 nitrogen and oxygen atoms in total. The monoisotopic (exact) mass is 542 g/mol. The number of anilines is 2. The number of rotatable bonds is 9. The van der Waals surface area contributed by atoms with E-state index in [2.05, 4.69) is 20.6 Å². The number of carboxylic acid groups (broad SMARTS) is 1. The zero-order chi connectivity index (χ0) is 26.6. The Hall–Kier alpha value is -3.64. The lowest BCUT2D eigenvalue weighted by Crippen LogP contribution is -2.22. The Morgan fingerprint density at radius 1 is 1.05 bits per heavy atom. The maximum atomic E-state index is 13.0. The molecule has 1 aromatic carbocycles. The minimum absolute atomic E-state index is 0.0199. The number of benzene rings is 1. The molecule has 2 amide bonds. The zero-order valence-electron chi connectivity index (χ0n) is 20.1. The van der Waals surface area contributed by atoms with Crippen molar-refractivity contribution in [1.82, 2.24) is 9.97 Å². The summed E-state index contributed by atoms with van der Waals surface area (Å²) in [6.07, 6.45) is 6.42. The Kier molecular flexibility index (Phi) is 7.98. The molecule has 1 aliphatic rings. The first-order valence-electron chi connectivity index (χ1n) is 11.7. The van der Waals surface area contributed by atoms with Crippen molar-refractivity contribution in [1.29, 1.82) is 0 Å². The van der Waals surface area contributed by atoms with E-state index in [1.54, 1.807) is 12.1 Å². The Balaban J connectivity index is 1.36. The summed E-state index contributed by atoms with van der Waals surface area (Å²) in [5.74, 6) is -1.42. The Labute approximate surface area is 218 Å². The van der Waals surface area contributed by atoms with Gasteiger partial charge in [0.2, 0.25) is 0 Å². The highest BCUT2D eigenvalue weighted by atomic mass is 32.2. The van der Waals surface area contributed by atoms with Crippen molar-refractivity contribution in [3.05, 3.63) is 64.3 Å². The van der Waals surface area contributed by atoms with Crippen molar-refractivity contribution < 1.29 is 27.9 Å². The van der Waals surface area contributed by atoms with Crippen LogP contribution in [0, 0.1) is 12.8 Å². The van der Waals surface area contributed by atoms with E-state index in [4.69, 9.17) is 5.11 Å². The van der Waals surface area contributed by atoms with Crippen molar-refractivity contribution in [2.45, 2.75) is 44.1 Å². The molecular formula is C25H26N4O6S2. The molecule has 0 bridgehead atoms. The number of hydrogen-bond acceptors (Lipinski definition) is 8. The van der Waals surface area contributed by atoms with Gasteiger partial charge in [0.05, 0.1) is 17.0 Å². The van der Waals surface area contributed by atoms with Crippen molar-refractivity contribution in [3.8, 4) is 0 Å². The first-order valence-corrected chi connectivity index (χ1v) is 14.2. The van der Waals surface area contributed by atoms with Crippen LogP contribution in [0.2, 0.25) is 0 Å². The highest BCUT2D eigenvalue weighted by molar-refractivity contribution is 7.91. The van der Waals surface area contributed by atoms with Gasteiger partial charge in [0.25, 0.3) is 0 Å². The Bertz CT molecular complexity index is 1430. The predicted octanol–water partition coefficient (Wildman–Crippen LogP) is 4.58. The minimum Gasteiger partial charge on any atom is -0.478 e. The Morgan fingerprint density at radius 2 is 1.81 bits per heavy atom. The van der Waals surface area contributed by atoms with Crippen LogP contribution in [0.25, 0.3) is 0 Å². The number of carboxylic acids is 1. The minimum atomic E-state index is -3.74. The molecule has 3 aromatic rings. The van der Waals surface area contributed by atoms with Crippen LogP contribution in [0.4, 0.5) is 15.6 Å². The predicted molar refractivity (Wildman–Crippen MR) is 139 cm³/mol. The van der Waals surface area contributed by atoms with Gasteiger partial charge in [-0.25, -0.2) is 28.0 Å². The summed E-state index contributed by atoms with van der Waals surface area (Å²) in [4.78, 5) is 45.1. The number of ketones is 1. The SMILES string of the molecule is Cc1ccc(NC(=O)Nc2ncc(CCS(=O)(=O)c3ccc(C(=O)O)cn3)s2)c(C(=O)C2CCCC2)c1. The number of hydrogen-bond donors (Lipinski definition) is 3. The van der Waals surface area contributed by atoms with E-state index in [-0.39, 0.29) is 39.6 Å². The molecular weight excluding hydrogens is 516 g/mol. The number of nitrogens with zero attached hydrogens (tertiary/aromatic N) is 2. The highest BCUT2D eigenvalue weighted by Crippen LogP contribution is 2.31. The second-order valence-electron chi connectivity index (χ2n) is 8.86. The molecule has 0 radical (unpaired) electrons. The fourth-order valence-corrected chi connectivity index (χ4v) is 6.26. The molecule has 12 heteroatoms. The molecule has 2 heterocycles. The number of Topliss-reactive ketones (excluding diaryl/α,β-unsaturated/α-hetero) is 1. The van der Waals surface area contributed by atoms with Gasteiger partial charge < -0.3 is 10.4 Å². The van der Waals surface area contributed by atoms with Crippen molar-refractivity contribution in [3.63, 3.8) is 0 Å². The number of aromatic nitrogens is 2. The lowest BCUT2D eigenvalue weighted by Gasteiger charge is -2.14. The summed E-state index contributed by atoms with van der Waals surface area (Å²) in [7, 11) is -3.74. The van der Waals surface area contributed by atoms with Crippen LogP contribution in [0.5, 0.6) is 0 Å². The fourth-order valence-electron chi connectivity index (χ4n) is 4.14. The number of aromatic carboxylic acids is 1. The van der Waals surface area contributed by atoms with Gasteiger partial charge in [-0.3, -0.25) is 10.1 Å². The summed E-state index contributed by atoms with van der Waals surface area (Å²) >= 11 is 1.13. The normalized spacial score (nSPS) is 13.9. The number of sulfone groups is 1. The van der Waals surface area contributed by atoms with E-state index in [1.165, 1.54) is 18.3 Å². The van der Waals surface area contributed by atoms with Crippen LogP contribution in [-0.2, 0) is 16.3 Å². The third-order valence-electron chi connectivity index (χ3n) is 6.11. The first kappa shape index (κ1) is 26.4. The van der Waals surface area contributed by atoms with Gasteiger partial charge in [0.15, 0.2) is 25.8 Å². The van der Waals surface area contributed by atoms with E-state index < -0.39 is 21.8 Å². The van der Waals surface area contributed by atoms with Gasteiger partial charge in [-0.15, -0.1) is 11.3 Å². The highest BCUT2D eigenvalue weighted by Gasteiger charge is 2.26. The van der Waals surface area contributed by atoms with E-state index >= 15 is 0 Å². The smallest absolute Gasteiger partial charge is 0.337 e. The number of carbonyl (C=O) groups is 3. The van der Waals surface area contributed by atoms with E-state index in [1.807, 2.05) is 13.0 Å². The van der Waals surface area contributed by atoms with Crippen LogP contribution >= 0.6 is 11.3 Å². The van der Waals surface area contributed by atoms with Crippen molar-refractivity contribution in [2.75, 3.05) is 16.4 Å². The van der Waals surface area contributed by atoms with E-state index in [0.29, 0.717) is 16.1 Å². The number of urea groups is 1. The van der Waals surface area contributed by atoms with Gasteiger partial charge in [-0.2, -0.15) is 0 Å². The topological polar surface area (TPSA) is 155 Å². The van der Waals surface area contributed by atoms with Crippen LogP contribution in [0.3, 0.4) is 0 Å². The molecule has 194 valence electrons. The largest absolute Gasteiger partial charge is 0.478 e. The van der Waals surface area contributed by atoms with Gasteiger partial charge in [0, 0.05) is 28.8 Å². The molecule has 3 N–H and O–H groups in total. The van der Waals surface area contributed by atoms with Gasteiger partial charge in [0.1, 0.15) is 0 Å². The molecule has 0 aliphatic heterocycles. The number of aryl methyl sites for hydroxylation is 2. The standard InChI is InChI=1S/C25H26N4O6S2/c1-15-6-8-20(19(12-15)22(30)16-4-2-3-5-16)28-24(33)29-25-27-14-18(36-25)10-11-37(34,35)21-9-7-17(13-26-21)23(31)32/h6-9,12-14,16H,2-5,10-11H2,1H3,(H,31,32)(H2,27,28,29,33). The second-order valence-corrected chi connectivity index (χ2v) is 12.0. The summed E-state index contributed by atoms with van der Waals surface area (Å²) in [5, 5.41) is 14.4. The molecule has 0 saturated heterocycles. The second kappa shape index (κ2) is 11.2. The average Bonchev–Trinajstić information content (AvgIpc) is 3.56. The molecule has 1 saturated carbocycles. The quantitative estimate of drug-likeness (QED) is 0.332. The number of carbonyl (C=O) groups excluding carboxylic acids is 2. The third-order valence-corrected chi connectivity index (χ3v) is 8.70. The zero-order valence-corrected chi connectivity index (χ0v) is 21.7. The van der Waals surface area contributed by atoms with Gasteiger partial charge >= 0.3 is 12.0 Å². The molecule has 1 aliphatic carbocycles. The first-order chi connectivity index (χ1) is 17.6. The third kappa shape index (κ3) is 6.57. The van der Waals surface area contributed by atoms with Crippen LogP contribution in [0.1, 0.15) is 56.8 Å². The molecule has 0 atom stereocenters. The number of nitrogens with one attached hydrogen (secondary N) is 2. The van der Waals surface area contributed by atoms with Crippen molar-refractivity contribution >= 4 is 49.8 Å². The van der Waals surface area contributed by atoms with E-state index in [0.717, 1.165) is 48.8 Å². The van der Waals surface area contributed by atoms with Crippen molar-refractivity contribution in [2.24, 2.45) is 5.92 Å². The lowest BCUT2D eigenvalue weighted by atomic mass is 9.94. The molecule has 1 fully saturated rings. The van der Waals surface area contributed by atoms with Crippen LogP contribution < -0.4 is 10.6 Å². The number of amides is 2. The van der Waals surface area contributed by atoms with Crippen LogP contribution in [0.15, 0.2) is 47.8 Å².